The third kappa shape index (κ3) is 3.74. The number of methoxy groups -OCH3 is 2. The second kappa shape index (κ2) is 7.79. The maximum absolute atomic E-state index is 13.0. The van der Waals surface area contributed by atoms with Crippen molar-refractivity contribution in [2.24, 2.45) is 0 Å². The Morgan fingerprint density at radius 2 is 1.96 bits per heavy atom. The van der Waals surface area contributed by atoms with E-state index < -0.39 is 0 Å². The van der Waals surface area contributed by atoms with Gasteiger partial charge >= 0.3 is 0 Å². The van der Waals surface area contributed by atoms with Gasteiger partial charge in [0.25, 0.3) is 5.91 Å². The molecule has 0 N–H and O–H groups in total. The molecule has 1 heterocycles. The van der Waals surface area contributed by atoms with Gasteiger partial charge in [0, 0.05) is 18.2 Å². The number of ether oxygens (including phenoxy) is 2. The standard InChI is InChI=1S/C20H22ClNO3/c1-24-18-13-15(12-17(21)19(18)25-2)20(23)22-10-6-9-16(22)11-14-7-4-3-5-8-14/h3-5,7-8,12-13,16H,6,9-11H2,1-2H3. The maximum Gasteiger partial charge on any atom is 0.254 e. The zero-order valence-corrected chi connectivity index (χ0v) is 15.3. The summed E-state index contributed by atoms with van der Waals surface area (Å²) < 4.78 is 10.6. The van der Waals surface area contributed by atoms with E-state index in [0.29, 0.717) is 22.1 Å². The summed E-state index contributed by atoms with van der Waals surface area (Å²) in [7, 11) is 3.07. The van der Waals surface area contributed by atoms with Crippen LogP contribution in [0.25, 0.3) is 0 Å². The Balaban J connectivity index is 1.83. The van der Waals surface area contributed by atoms with Gasteiger partial charge in [0.1, 0.15) is 0 Å². The zero-order chi connectivity index (χ0) is 17.8. The van der Waals surface area contributed by atoms with Gasteiger partial charge in [-0.05, 0) is 37.0 Å². The van der Waals surface area contributed by atoms with Crippen LogP contribution in [0.15, 0.2) is 42.5 Å². The molecule has 1 aliphatic rings. The van der Waals surface area contributed by atoms with E-state index in [0.717, 1.165) is 25.8 Å². The number of likely N-dealkylation sites (tertiary alicyclic amines) is 1. The quantitative estimate of drug-likeness (QED) is 0.802. The van der Waals surface area contributed by atoms with E-state index in [2.05, 4.69) is 12.1 Å². The van der Waals surface area contributed by atoms with Crippen LogP contribution >= 0.6 is 11.6 Å². The second-order valence-corrected chi connectivity index (χ2v) is 6.59. The van der Waals surface area contributed by atoms with E-state index in [-0.39, 0.29) is 11.9 Å². The van der Waals surface area contributed by atoms with Crippen molar-refractivity contribution >= 4 is 17.5 Å². The molecule has 1 aliphatic heterocycles. The molecule has 0 aromatic heterocycles. The molecule has 1 unspecified atom stereocenters. The lowest BCUT2D eigenvalue weighted by molar-refractivity contribution is 0.0736. The molecule has 1 saturated heterocycles. The Labute approximate surface area is 153 Å². The molecule has 2 aromatic carbocycles. The molecule has 1 amide bonds. The molecule has 132 valence electrons. The molecular formula is C20H22ClNO3. The summed E-state index contributed by atoms with van der Waals surface area (Å²) in [6, 6.07) is 13.8. The molecule has 0 bridgehead atoms. The van der Waals surface area contributed by atoms with E-state index in [9.17, 15) is 4.79 Å². The fourth-order valence-corrected chi connectivity index (χ4v) is 3.70. The van der Waals surface area contributed by atoms with Gasteiger partial charge in [-0.1, -0.05) is 41.9 Å². The molecule has 5 heteroatoms. The van der Waals surface area contributed by atoms with Crippen LogP contribution in [0.1, 0.15) is 28.8 Å². The summed E-state index contributed by atoms with van der Waals surface area (Å²) in [5.41, 5.74) is 1.78. The molecule has 0 spiro atoms. The predicted octanol–water partition coefficient (Wildman–Crippen LogP) is 4.20. The second-order valence-electron chi connectivity index (χ2n) is 6.18. The highest BCUT2D eigenvalue weighted by atomic mass is 35.5. The highest BCUT2D eigenvalue weighted by molar-refractivity contribution is 6.32. The Morgan fingerprint density at radius 1 is 1.20 bits per heavy atom. The number of hydrogen-bond acceptors (Lipinski definition) is 3. The van der Waals surface area contributed by atoms with Gasteiger partial charge in [-0.3, -0.25) is 4.79 Å². The van der Waals surface area contributed by atoms with E-state index in [1.807, 2.05) is 23.1 Å². The minimum Gasteiger partial charge on any atom is -0.493 e. The number of amides is 1. The largest absolute Gasteiger partial charge is 0.493 e. The average molecular weight is 360 g/mol. The summed E-state index contributed by atoms with van der Waals surface area (Å²) in [4.78, 5) is 15.0. The molecule has 1 fully saturated rings. The highest BCUT2D eigenvalue weighted by Crippen LogP contribution is 2.37. The number of benzene rings is 2. The Morgan fingerprint density at radius 3 is 2.64 bits per heavy atom. The van der Waals surface area contributed by atoms with Gasteiger partial charge in [-0.25, -0.2) is 0 Å². The number of carbonyl (C=O) groups is 1. The molecule has 2 aromatic rings. The van der Waals surface area contributed by atoms with Gasteiger partial charge in [-0.2, -0.15) is 0 Å². The normalized spacial score (nSPS) is 16.8. The van der Waals surface area contributed by atoms with Crippen LogP contribution in [0.4, 0.5) is 0 Å². The van der Waals surface area contributed by atoms with Crippen molar-refractivity contribution in [2.45, 2.75) is 25.3 Å². The smallest absolute Gasteiger partial charge is 0.254 e. The first-order valence-electron chi connectivity index (χ1n) is 8.40. The van der Waals surface area contributed by atoms with E-state index in [1.54, 1.807) is 12.1 Å². The summed E-state index contributed by atoms with van der Waals surface area (Å²) in [6.07, 6.45) is 2.90. The molecule has 0 saturated carbocycles. The molecule has 1 atom stereocenters. The third-order valence-electron chi connectivity index (χ3n) is 4.63. The Hall–Kier alpha value is -2.20. The first-order valence-corrected chi connectivity index (χ1v) is 8.78. The fourth-order valence-electron chi connectivity index (χ4n) is 3.41. The van der Waals surface area contributed by atoms with Crippen LogP contribution in [0.2, 0.25) is 5.02 Å². The van der Waals surface area contributed by atoms with Gasteiger partial charge in [0.05, 0.1) is 19.2 Å². The molecule has 0 radical (unpaired) electrons. The van der Waals surface area contributed by atoms with Crippen LogP contribution < -0.4 is 9.47 Å². The van der Waals surface area contributed by atoms with Crippen molar-refractivity contribution in [3.05, 3.63) is 58.6 Å². The SMILES string of the molecule is COc1cc(C(=O)N2CCCC2Cc2ccccc2)cc(Cl)c1OC. The van der Waals surface area contributed by atoms with Crippen molar-refractivity contribution in [3.8, 4) is 11.5 Å². The first kappa shape index (κ1) is 17.6. The molecular weight excluding hydrogens is 338 g/mol. The number of hydrogen-bond donors (Lipinski definition) is 0. The van der Waals surface area contributed by atoms with Crippen LogP contribution in [-0.4, -0.2) is 37.6 Å². The van der Waals surface area contributed by atoms with Crippen LogP contribution in [-0.2, 0) is 6.42 Å². The van der Waals surface area contributed by atoms with Crippen molar-refractivity contribution in [3.63, 3.8) is 0 Å². The number of nitrogens with zero attached hydrogens (tertiary/aromatic N) is 1. The van der Waals surface area contributed by atoms with Gasteiger partial charge in [-0.15, -0.1) is 0 Å². The minimum absolute atomic E-state index is 0.0127. The summed E-state index contributed by atoms with van der Waals surface area (Å²) >= 11 is 6.25. The van der Waals surface area contributed by atoms with E-state index in [4.69, 9.17) is 21.1 Å². The van der Waals surface area contributed by atoms with E-state index in [1.165, 1.54) is 19.8 Å². The lowest BCUT2D eigenvalue weighted by Crippen LogP contribution is -2.36. The zero-order valence-electron chi connectivity index (χ0n) is 14.5. The number of carbonyl (C=O) groups excluding carboxylic acids is 1. The number of halogens is 1. The first-order chi connectivity index (χ1) is 12.1. The van der Waals surface area contributed by atoms with Crippen molar-refractivity contribution < 1.29 is 14.3 Å². The van der Waals surface area contributed by atoms with Crippen LogP contribution in [0, 0.1) is 0 Å². The molecule has 0 aliphatic carbocycles. The van der Waals surface area contributed by atoms with Gasteiger partial charge < -0.3 is 14.4 Å². The topological polar surface area (TPSA) is 38.8 Å². The lowest BCUT2D eigenvalue weighted by Gasteiger charge is -2.25. The highest BCUT2D eigenvalue weighted by Gasteiger charge is 2.30. The average Bonchev–Trinajstić information content (AvgIpc) is 3.09. The van der Waals surface area contributed by atoms with Gasteiger partial charge in [0.15, 0.2) is 11.5 Å². The summed E-state index contributed by atoms with van der Waals surface area (Å²) in [6.45, 7) is 0.766. The third-order valence-corrected chi connectivity index (χ3v) is 4.91. The molecule has 25 heavy (non-hydrogen) atoms. The van der Waals surface area contributed by atoms with Crippen molar-refractivity contribution in [1.29, 1.82) is 0 Å². The Bertz CT molecular complexity index is 748. The lowest BCUT2D eigenvalue weighted by atomic mass is 10.0. The van der Waals surface area contributed by atoms with Crippen LogP contribution in [0.3, 0.4) is 0 Å². The molecule has 3 rings (SSSR count). The van der Waals surface area contributed by atoms with Crippen molar-refractivity contribution in [2.75, 3.05) is 20.8 Å². The molecule has 4 nitrogen and oxygen atoms in total. The van der Waals surface area contributed by atoms with Crippen molar-refractivity contribution in [1.82, 2.24) is 4.90 Å². The van der Waals surface area contributed by atoms with Crippen LogP contribution in [0.5, 0.6) is 11.5 Å². The van der Waals surface area contributed by atoms with E-state index >= 15 is 0 Å². The Kier molecular flexibility index (Phi) is 5.49. The predicted molar refractivity (Wildman–Crippen MR) is 98.8 cm³/mol. The summed E-state index contributed by atoms with van der Waals surface area (Å²) in [5, 5.41) is 0.379. The monoisotopic (exact) mass is 359 g/mol. The van der Waals surface area contributed by atoms with Gasteiger partial charge in [0.2, 0.25) is 0 Å². The maximum atomic E-state index is 13.0. The minimum atomic E-state index is -0.0127. The summed E-state index contributed by atoms with van der Waals surface area (Å²) in [5.74, 6) is 0.904. The number of rotatable bonds is 5. The fraction of sp³-hybridized carbons (Fsp3) is 0.350.